The van der Waals surface area contributed by atoms with Gasteiger partial charge in [-0.2, -0.15) is 0 Å². The zero-order valence-corrected chi connectivity index (χ0v) is 58.5. The van der Waals surface area contributed by atoms with E-state index in [0.29, 0.717) is 17.4 Å². The van der Waals surface area contributed by atoms with Crippen molar-refractivity contribution in [1.82, 2.24) is 0 Å². The number of quaternary nitrogens is 1. The van der Waals surface area contributed by atoms with Gasteiger partial charge >= 0.3 is 11.9 Å². The Morgan fingerprint density at radius 2 is 0.648 bits per heavy atom. The Labute approximate surface area is 543 Å². The minimum atomic E-state index is -4.65. The highest BCUT2D eigenvalue weighted by Crippen LogP contribution is 2.38. The standard InChI is InChI=1S/C78H136NO8P/c1-6-8-10-12-14-16-18-20-22-24-26-28-30-32-34-36-37-38-39-40-41-43-45-47-49-51-53-55-57-59-61-63-65-67-69-71-78(81)87-76(75-86-88(82,83)85-73-72-79(3,4)5)74-84-77(80)70-68-66-64-62-60-58-56-54-52-50-48-46-44-42-35-33-31-29-27-25-23-21-19-17-15-13-11-9-7-2/h8,10,14,16,20,22,25-28,32,34,37-38,40-41,45,47,51,53,76H,6-7,9,11-13,15,17-19,21,23-24,29-31,33,35-36,39,42-44,46,48-50,52,54-75H2,1-5H3/b10-8-,16-14-,22-20-,27-25-,28-26-,34-32-,38-37-,41-40-,47-45-,53-51-. The molecule has 2 atom stereocenters. The Morgan fingerprint density at radius 3 is 0.977 bits per heavy atom. The van der Waals surface area contributed by atoms with E-state index in [0.717, 1.165) is 103 Å². The first-order valence-corrected chi connectivity index (χ1v) is 37.7. The van der Waals surface area contributed by atoms with E-state index in [1.165, 1.54) is 173 Å². The molecule has 0 aliphatic rings. The summed E-state index contributed by atoms with van der Waals surface area (Å²) in [7, 11) is 1.15. The van der Waals surface area contributed by atoms with E-state index in [-0.39, 0.29) is 32.0 Å². The van der Waals surface area contributed by atoms with Crippen molar-refractivity contribution in [3.63, 3.8) is 0 Å². The third kappa shape index (κ3) is 71.5. The first-order valence-electron chi connectivity index (χ1n) is 36.2. The van der Waals surface area contributed by atoms with Crippen LogP contribution in [0, 0.1) is 0 Å². The Kier molecular flexibility index (Phi) is 65.0. The Bertz CT molecular complexity index is 1900. The van der Waals surface area contributed by atoms with Crippen LogP contribution in [0.5, 0.6) is 0 Å². The fraction of sp³-hybridized carbons (Fsp3) is 0.718. The number of hydrogen-bond acceptors (Lipinski definition) is 8. The van der Waals surface area contributed by atoms with E-state index < -0.39 is 26.5 Å². The second-order valence-electron chi connectivity index (χ2n) is 25.2. The normalized spacial score (nSPS) is 13.8. The summed E-state index contributed by atoms with van der Waals surface area (Å²) in [6.07, 6.45) is 97.1. The fourth-order valence-corrected chi connectivity index (χ4v) is 10.7. The molecule has 0 rings (SSSR count). The van der Waals surface area contributed by atoms with Crippen molar-refractivity contribution in [3.8, 4) is 0 Å². The maximum atomic E-state index is 12.9. The number of ether oxygens (including phenoxy) is 2. The van der Waals surface area contributed by atoms with Crippen LogP contribution < -0.4 is 4.89 Å². The minimum absolute atomic E-state index is 0.0378. The van der Waals surface area contributed by atoms with Gasteiger partial charge in [0.05, 0.1) is 27.7 Å². The highest BCUT2D eigenvalue weighted by Gasteiger charge is 2.22. The van der Waals surface area contributed by atoms with Gasteiger partial charge in [-0.05, 0) is 109 Å². The molecule has 0 aliphatic heterocycles. The van der Waals surface area contributed by atoms with E-state index in [9.17, 15) is 19.0 Å². The average molecular weight is 1250 g/mol. The van der Waals surface area contributed by atoms with Crippen LogP contribution in [0.1, 0.15) is 309 Å². The van der Waals surface area contributed by atoms with Crippen molar-refractivity contribution < 1.29 is 42.1 Å². The number of allylic oxidation sites excluding steroid dienone is 20. The number of unbranched alkanes of at least 4 members (excludes halogenated alkanes) is 32. The van der Waals surface area contributed by atoms with E-state index in [4.69, 9.17) is 18.5 Å². The van der Waals surface area contributed by atoms with Gasteiger partial charge in [0, 0.05) is 12.8 Å². The molecule has 0 bridgehead atoms. The lowest BCUT2D eigenvalue weighted by Crippen LogP contribution is -2.37. The predicted molar refractivity (Wildman–Crippen MR) is 378 cm³/mol. The molecule has 0 saturated carbocycles. The monoisotopic (exact) mass is 1250 g/mol. The number of carbonyl (C=O) groups is 2. The van der Waals surface area contributed by atoms with Crippen LogP contribution in [-0.4, -0.2) is 70.0 Å². The molecule has 506 valence electrons. The van der Waals surface area contributed by atoms with Crippen molar-refractivity contribution in [3.05, 3.63) is 122 Å². The highest BCUT2D eigenvalue weighted by atomic mass is 31.2. The molecule has 0 aromatic carbocycles. The van der Waals surface area contributed by atoms with Crippen molar-refractivity contribution in [1.29, 1.82) is 0 Å². The van der Waals surface area contributed by atoms with Crippen molar-refractivity contribution in [2.75, 3.05) is 47.5 Å². The molecule has 2 unspecified atom stereocenters. The maximum absolute atomic E-state index is 12.9. The Morgan fingerprint density at radius 1 is 0.364 bits per heavy atom. The zero-order valence-electron chi connectivity index (χ0n) is 57.6. The second kappa shape index (κ2) is 67.8. The molecule has 0 radical (unpaired) electrons. The van der Waals surface area contributed by atoms with Gasteiger partial charge < -0.3 is 27.9 Å². The van der Waals surface area contributed by atoms with Crippen molar-refractivity contribution in [2.45, 2.75) is 315 Å². The molecule has 0 amide bonds. The summed E-state index contributed by atoms with van der Waals surface area (Å²) in [4.78, 5) is 38.1. The first-order chi connectivity index (χ1) is 43.0. The van der Waals surface area contributed by atoms with Crippen LogP contribution in [0.2, 0.25) is 0 Å². The first kappa shape index (κ1) is 84.4. The van der Waals surface area contributed by atoms with Gasteiger partial charge in [-0.15, -0.1) is 0 Å². The molecule has 0 heterocycles. The molecule has 88 heavy (non-hydrogen) atoms. The molecule has 0 fully saturated rings. The number of likely N-dealkylation sites (N-methyl/N-ethyl adjacent to an activating group) is 1. The number of nitrogens with zero attached hydrogens (tertiary/aromatic N) is 1. The number of phosphoric ester groups is 1. The van der Waals surface area contributed by atoms with Crippen LogP contribution in [0.4, 0.5) is 0 Å². The van der Waals surface area contributed by atoms with E-state index in [2.05, 4.69) is 135 Å². The molecule has 10 heteroatoms. The summed E-state index contributed by atoms with van der Waals surface area (Å²) < 4.78 is 34.3. The van der Waals surface area contributed by atoms with Crippen LogP contribution in [0.15, 0.2) is 122 Å². The highest BCUT2D eigenvalue weighted by molar-refractivity contribution is 7.45. The van der Waals surface area contributed by atoms with Gasteiger partial charge in [-0.1, -0.05) is 309 Å². The number of phosphoric acid groups is 1. The van der Waals surface area contributed by atoms with E-state index in [1.54, 1.807) is 0 Å². The van der Waals surface area contributed by atoms with Gasteiger partial charge in [0.25, 0.3) is 7.82 Å². The van der Waals surface area contributed by atoms with Gasteiger partial charge in [-0.25, -0.2) is 0 Å². The summed E-state index contributed by atoms with van der Waals surface area (Å²) in [6.45, 7) is 4.14. The molecule has 0 N–H and O–H groups in total. The lowest BCUT2D eigenvalue weighted by Gasteiger charge is -2.28. The van der Waals surface area contributed by atoms with Crippen LogP contribution in [-0.2, 0) is 32.7 Å². The SMILES string of the molecule is CC/C=C\C/C=C\C/C=C\C/C=C\C/C=C\C/C=C\C/C=C\C/C=C\C/C=C\CCCCCCCCCC(=O)OC(COC(=O)CCCCCCCCCCCCCCCCCCC/C=C\CCCCCCCCCC)COP(=O)([O-])OCC[N+](C)(C)C. The molecule has 0 aromatic heterocycles. The van der Waals surface area contributed by atoms with E-state index >= 15 is 0 Å². The third-order valence-corrected chi connectivity index (χ3v) is 16.4. The molecule has 0 spiro atoms. The van der Waals surface area contributed by atoms with Gasteiger partial charge in [-0.3, -0.25) is 14.2 Å². The quantitative estimate of drug-likeness (QED) is 0.0195. The number of hydrogen-bond donors (Lipinski definition) is 0. The molecule has 9 nitrogen and oxygen atoms in total. The van der Waals surface area contributed by atoms with Gasteiger partial charge in [0.15, 0.2) is 6.10 Å². The smallest absolute Gasteiger partial charge is 0.306 e. The molecule has 0 saturated heterocycles. The Hall–Kier alpha value is -3.59. The predicted octanol–water partition coefficient (Wildman–Crippen LogP) is 23.2. The molecular weight excluding hydrogens is 1110 g/mol. The van der Waals surface area contributed by atoms with Crippen LogP contribution in [0.3, 0.4) is 0 Å². The largest absolute Gasteiger partial charge is 0.756 e. The zero-order chi connectivity index (χ0) is 64.1. The number of esters is 2. The summed E-state index contributed by atoms with van der Waals surface area (Å²) in [6, 6.07) is 0. The number of rotatable bonds is 66. The topological polar surface area (TPSA) is 111 Å². The number of carbonyl (C=O) groups excluding carboxylic acids is 2. The van der Waals surface area contributed by atoms with Crippen LogP contribution >= 0.6 is 7.82 Å². The molecule has 0 aliphatic carbocycles. The maximum Gasteiger partial charge on any atom is 0.306 e. The third-order valence-electron chi connectivity index (χ3n) is 15.5. The summed E-state index contributed by atoms with van der Waals surface area (Å²) in [5.41, 5.74) is 0. The van der Waals surface area contributed by atoms with Crippen molar-refractivity contribution in [2.24, 2.45) is 0 Å². The lowest BCUT2D eigenvalue weighted by molar-refractivity contribution is -0.870. The summed E-state index contributed by atoms with van der Waals surface area (Å²) >= 11 is 0. The van der Waals surface area contributed by atoms with E-state index in [1.807, 2.05) is 21.1 Å². The van der Waals surface area contributed by atoms with Crippen LogP contribution in [0.25, 0.3) is 0 Å². The molecular formula is C78H136NO8P. The minimum Gasteiger partial charge on any atom is -0.756 e. The summed E-state index contributed by atoms with van der Waals surface area (Å²) in [5.74, 6) is -0.842. The fourth-order valence-electron chi connectivity index (χ4n) is 9.94. The Balaban J connectivity index is 4.10. The van der Waals surface area contributed by atoms with Gasteiger partial charge in [0.2, 0.25) is 0 Å². The van der Waals surface area contributed by atoms with Gasteiger partial charge in [0.1, 0.15) is 19.8 Å². The lowest BCUT2D eigenvalue weighted by atomic mass is 10.0. The molecule has 0 aromatic rings. The average Bonchev–Trinajstić information content (AvgIpc) is 3.57. The second-order valence-corrected chi connectivity index (χ2v) is 26.6. The van der Waals surface area contributed by atoms with Crippen molar-refractivity contribution >= 4 is 19.8 Å². The summed E-state index contributed by atoms with van der Waals surface area (Å²) in [5, 5.41) is 0.